The smallest absolute Gasteiger partial charge is 0.408 e. The van der Waals surface area contributed by atoms with E-state index in [4.69, 9.17) is 9.26 Å². The predicted molar refractivity (Wildman–Crippen MR) is 170 cm³/mol. The average molecular weight is 630 g/mol. The number of amides is 3. The number of hydrogen-bond donors (Lipinski definition) is 4. The zero-order valence-corrected chi connectivity index (χ0v) is 27.0. The molecule has 2 aromatic rings. The van der Waals surface area contributed by atoms with Crippen LogP contribution < -0.4 is 16.0 Å². The first kappa shape index (κ1) is 35.3. The third-order valence-electron chi connectivity index (χ3n) is 7.76. The molecule has 4 unspecified atom stereocenters. The zero-order valence-electron chi connectivity index (χ0n) is 26.1. The Balaban J connectivity index is 1.50. The molecule has 1 saturated carbocycles. The van der Waals surface area contributed by atoms with Crippen LogP contribution in [0.4, 0.5) is 4.79 Å². The molecule has 10 nitrogen and oxygen atoms in total. The summed E-state index contributed by atoms with van der Waals surface area (Å²) >= 11 is 0. The van der Waals surface area contributed by atoms with Gasteiger partial charge >= 0.3 is 6.09 Å². The highest BCUT2D eigenvalue weighted by Gasteiger charge is 2.33. The Kier molecular flexibility index (Phi) is 14.4. The topological polar surface area (TPSA) is 143 Å². The van der Waals surface area contributed by atoms with E-state index in [-0.39, 0.29) is 31.8 Å². The molecule has 0 heterocycles. The van der Waals surface area contributed by atoms with Crippen molar-refractivity contribution in [3.8, 4) is 0 Å². The van der Waals surface area contributed by atoms with Crippen LogP contribution in [0.5, 0.6) is 0 Å². The highest BCUT2D eigenvalue weighted by Crippen LogP contribution is 2.51. The quantitative estimate of drug-likeness (QED) is 0.192. The fourth-order valence-electron chi connectivity index (χ4n) is 5.24. The third-order valence-corrected chi connectivity index (χ3v) is 10.4. The number of nitrogens with one attached hydrogen (secondary N) is 3. The molecule has 44 heavy (non-hydrogen) atoms. The zero-order chi connectivity index (χ0) is 32.0. The molecule has 0 radical (unpaired) electrons. The van der Waals surface area contributed by atoms with E-state index in [0.29, 0.717) is 12.1 Å². The van der Waals surface area contributed by atoms with Crippen LogP contribution in [0.2, 0.25) is 0 Å². The summed E-state index contributed by atoms with van der Waals surface area (Å²) in [5.74, 6) is -1.03. The highest BCUT2D eigenvalue weighted by molar-refractivity contribution is 7.59. The summed E-state index contributed by atoms with van der Waals surface area (Å²) in [6.45, 7) is 5.17. The summed E-state index contributed by atoms with van der Waals surface area (Å²) in [6, 6.07) is 16.8. The molecule has 11 heteroatoms. The fourth-order valence-corrected chi connectivity index (χ4v) is 7.91. The summed E-state index contributed by atoms with van der Waals surface area (Å²) < 4.78 is 25.2. The maximum absolute atomic E-state index is 14.0. The lowest BCUT2D eigenvalue weighted by Crippen LogP contribution is -2.55. The van der Waals surface area contributed by atoms with Crippen LogP contribution in [-0.2, 0) is 36.6 Å². The van der Waals surface area contributed by atoms with Crippen molar-refractivity contribution in [2.24, 2.45) is 11.8 Å². The second-order valence-electron chi connectivity index (χ2n) is 12.0. The molecule has 3 rings (SSSR count). The number of carbonyl (C=O) groups is 3. The summed E-state index contributed by atoms with van der Waals surface area (Å²) in [6.07, 6.45) is 3.89. The van der Waals surface area contributed by atoms with Gasteiger partial charge in [0.1, 0.15) is 18.7 Å². The van der Waals surface area contributed by atoms with Crippen molar-refractivity contribution in [1.82, 2.24) is 16.0 Å². The van der Waals surface area contributed by atoms with Crippen LogP contribution in [0.15, 0.2) is 60.7 Å². The van der Waals surface area contributed by atoms with Crippen LogP contribution in [0.1, 0.15) is 64.0 Å². The fraction of sp³-hybridized carbons (Fsp3) is 0.545. The first-order chi connectivity index (χ1) is 21.0. The average Bonchev–Trinajstić information content (AvgIpc) is 3.01. The maximum atomic E-state index is 14.0. The molecule has 0 saturated heterocycles. The van der Waals surface area contributed by atoms with E-state index < -0.39 is 43.5 Å². The Morgan fingerprint density at radius 1 is 0.864 bits per heavy atom. The van der Waals surface area contributed by atoms with Gasteiger partial charge in [-0.1, -0.05) is 93.8 Å². The Morgan fingerprint density at radius 3 is 2.05 bits per heavy atom. The molecule has 3 amide bonds. The Bertz CT molecular complexity index is 1220. The largest absolute Gasteiger partial charge is 0.445 e. The molecule has 0 bridgehead atoms. The van der Waals surface area contributed by atoms with Crippen LogP contribution in [0.3, 0.4) is 0 Å². The number of carbonyl (C=O) groups excluding carboxylic acids is 3. The number of aliphatic hydroxyl groups excluding tert-OH is 1. The second-order valence-corrected chi connectivity index (χ2v) is 14.6. The molecule has 0 spiro atoms. The van der Waals surface area contributed by atoms with Gasteiger partial charge in [0.2, 0.25) is 19.2 Å². The number of hydrogen-bond acceptors (Lipinski definition) is 7. The summed E-state index contributed by atoms with van der Waals surface area (Å²) in [5.41, 5.74) is 1.72. The van der Waals surface area contributed by atoms with E-state index in [0.717, 1.165) is 36.8 Å². The predicted octanol–water partition coefficient (Wildman–Crippen LogP) is 4.99. The van der Waals surface area contributed by atoms with Crippen LogP contribution in [-0.4, -0.2) is 60.1 Å². The number of rotatable bonds is 16. The molecule has 2 aromatic carbocycles. The Hall–Kier alpha value is -3.20. The first-order valence-corrected chi connectivity index (χ1v) is 17.5. The Labute approximate surface area is 261 Å². The molecule has 1 aliphatic carbocycles. The van der Waals surface area contributed by atoms with Crippen molar-refractivity contribution >= 4 is 25.3 Å². The van der Waals surface area contributed by atoms with E-state index in [1.54, 1.807) is 13.8 Å². The number of ether oxygens (including phenoxy) is 1. The lowest BCUT2D eigenvalue weighted by Gasteiger charge is -2.28. The minimum absolute atomic E-state index is 0.0608. The van der Waals surface area contributed by atoms with E-state index in [1.165, 1.54) is 13.3 Å². The van der Waals surface area contributed by atoms with Gasteiger partial charge in [0.15, 0.2) is 0 Å². The molecule has 1 aliphatic rings. The van der Waals surface area contributed by atoms with E-state index in [1.807, 2.05) is 60.7 Å². The molecule has 1 fully saturated rings. The molecular weight excluding hydrogens is 581 g/mol. The van der Waals surface area contributed by atoms with Crippen molar-refractivity contribution in [3.63, 3.8) is 0 Å². The SMILES string of the molecule is CC(NC(=O)OCc1ccccc1)C(=O)NC(C(=O)NCC(O)CP(=O)(CC1CCCCC1)OCc1ccccc1)C(C)C. The normalized spacial score (nSPS) is 17.1. The standard InChI is InChI=1S/C33H48N3O7P/c1-24(2)30(36-31(38)25(3)35-33(40)42-20-26-13-7-4-8-14-26)32(39)34-19-29(37)23-44(41,22-28-17-11-6-12-18-28)43-21-27-15-9-5-10-16-27/h4-5,7-10,13-16,24-25,28-30,37H,6,11-12,17-23H2,1-3H3,(H,34,39)(H,35,40)(H,36,38). The number of aliphatic hydroxyl groups is 1. The van der Waals surface area contributed by atoms with Crippen LogP contribution >= 0.6 is 7.37 Å². The van der Waals surface area contributed by atoms with E-state index in [9.17, 15) is 24.1 Å². The summed E-state index contributed by atoms with van der Waals surface area (Å²) in [4.78, 5) is 38.1. The van der Waals surface area contributed by atoms with E-state index in [2.05, 4.69) is 16.0 Å². The third kappa shape index (κ3) is 12.4. The number of benzene rings is 2. The van der Waals surface area contributed by atoms with Gasteiger partial charge in [-0.3, -0.25) is 14.2 Å². The van der Waals surface area contributed by atoms with Gasteiger partial charge in [0.05, 0.1) is 18.9 Å². The molecule has 0 aliphatic heterocycles. The van der Waals surface area contributed by atoms with Crippen molar-refractivity contribution in [2.45, 2.75) is 84.3 Å². The van der Waals surface area contributed by atoms with Crippen LogP contribution in [0.25, 0.3) is 0 Å². The second kappa shape index (κ2) is 17.9. The summed E-state index contributed by atoms with van der Waals surface area (Å²) in [5, 5.41) is 18.7. The molecule has 4 atom stereocenters. The maximum Gasteiger partial charge on any atom is 0.408 e. The lowest BCUT2D eigenvalue weighted by molar-refractivity contribution is -0.131. The molecular formula is C33H48N3O7P. The minimum atomic E-state index is -3.21. The van der Waals surface area contributed by atoms with Gasteiger partial charge in [-0.15, -0.1) is 0 Å². The van der Waals surface area contributed by atoms with Gasteiger partial charge in [0, 0.05) is 12.7 Å². The van der Waals surface area contributed by atoms with Gasteiger partial charge in [-0.05, 0) is 42.7 Å². The van der Waals surface area contributed by atoms with Crippen molar-refractivity contribution in [2.75, 3.05) is 18.9 Å². The first-order valence-electron chi connectivity index (χ1n) is 15.5. The van der Waals surface area contributed by atoms with Crippen molar-refractivity contribution in [1.29, 1.82) is 0 Å². The van der Waals surface area contributed by atoms with Gasteiger partial charge in [-0.25, -0.2) is 4.79 Å². The number of alkyl carbamates (subject to hydrolysis) is 1. The monoisotopic (exact) mass is 629 g/mol. The lowest BCUT2D eigenvalue weighted by atomic mass is 9.91. The highest BCUT2D eigenvalue weighted by atomic mass is 31.2. The van der Waals surface area contributed by atoms with Gasteiger partial charge < -0.3 is 30.3 Å². The molecule has 0 aromatic heterocycles. The van der Waals surface area contributed by atoms with Crippen molar-refractivity contribution in [3.05, 3.63) is 71.8 Å². The Morgan fingerprint density at radius 2 is 1.45 bits per heavy atom. The molecule has 4 N–H and O–H groups in total. The van der Waals surface area contributed by atoms with Crippen molar-refractivity contribution < 1.29 is 33.3 Å². The van der Waals surface area contributed by atoms with Gasteiger partial charge in [0.25, 0.3) is 0 Å². The summed E-state index contributed by atoms with van der Waals surface area (Å²) in [7, 11) is -3.21. The van der Waals surface area contributed by atoms with E-state index >= 15 is 0 Å². The molecule has 242 valence electrons. The van der Waals surface area contributed by atoms with Gasteiger partial charge in [-0.2, -0.15) is 0 Å². The minimum Gasteiger partial charge on any atom is -0.445 e. The van der Waals surface area contributed by atoms with Crippen LogP contribution in [0, 0.1) is 11.8 Å².